The zero-order chi connectivity index (χ0) is 12.3. The number of H-pyrrole nitrogens is 1. The van der Waals surface area contributed by atoms with E-state index in [9.17, 15) is 0 Å². The van der Waals surface area contributed by atoms with Gasteiger partial charge in [0.1, 0.15) is 5.84 Å². The van der Waals surface area contributed by atoms with E-state index in [1.807, 2.05) is 24.5 Å². The Hall–Kier alpha value is -1.40. The summed E-state index contributed by atoms with van der Waals surface area (Å²) in [5.74, 6) is 0.0870. The zero-order valence-electron chi connectivity index (χ0n) is 9.23. The van der Waals surface area contributed by atoms with Gasteiger partial charge < -0.3 is 10.7 Å². The first kappa shape index (κ1) is 12.1. The Morgan fingerprint density at radius 2 is 2.18 bits per heavy atom. The van der Waals surface area contributed by atoms with Gasteiger partial charge in [-0.25, -0.2) is 4.98 Å². The fourth-order valence-corrected chi connectivity index (χ4v) is 3.06. The standard InChI is InChI=1S/C11H12N4S2/c1-16-7-3-2-4-8(9(7)10(12)13)17-11-14-5-6-15-11/h2-6H,1H3,(H3,12,13)(H,14,15). The molecule has 0 unspecified atom stereocenters. The Morgan fingerprint density at radius 3 is 2.76 bits per heavy atom. The zero-order valence-corrected chi connectivity index (χ0v) is 10.9. The summed E-state index contributed by atoms with van der Waals surface area (Å²) < 4.78 is 0. The molecule has 0 aliphatic heterocycles. The number of amidine groups is 1. The molecule has 0 aliphatic carbocycles. The maximum Gasteiger partial charge on any atom is 0.170 e. The molecule has 17 heavy (non-hydrogen) atoms. The predicted octanol–water partition coefficient (Wildman–Crippen LogP) is 2.57. The number of benzene rings is 1. The lowest BCUT2D eigenvalue weighted by Crippen LogP contribution is -2.13. The Morgan fingerprint density at radius 1 is 1.41 bits per heavy atom. The van der Waals surface area contributed by atoms with Crippen LogP contribution in [0.3, 0.4) is 0 Å². The van der Waals surface area contributed by atoms with Gasteiger partial charge in [-0.1, -0.05) is 17.8 Å². The third-order valence-corrected chi connectivity index (χ3v) is 3.91. The van der Waals surface area contributed by atoms with Gasteiger partial charge in [0.15, 0.2) is 5.16 Å². The second kappa shape index (κ2) is 5.29. The van der Waals surface area contributed by atoms with Gasteiger partial charge in [0.2, 0.25) is 0 Å². The number of imidazole rings is 1. The van der Waals surface area contributed by atoms with Crippen molar-refractivity contribution in [3.05, 3.63) is 36.2 Å². The van der Waals surface area contributed by atoms with Crippen LogP contribution in [0, 0.1) is 5.41 Å². The van der Waals surface area contributed by atoms with E-state index in [2.05, 4.69) is 9.97 Å². The molecule has 0 saturated carbocycles. The van der Waals surface area contributed by atoms with E-state index in [0.717, 1.165) is 20.5 Å². The van der Waals surface area contributed by atoms with Gasteiger partial charge in [-0.15, -0.1) is 11.8 Å². The molecule has 1 aromatic heterocycles. The van der Waals surface area contributed by atoms with Crippen LogP contribution < -0.4 is 5.73 Å². The third-order valence-electron chi connectivity index (χ3n) is 2.16. The fraction of sp³-hybridized carbons (Fsp3) is 0.0909. The third kappa shape index (κ3) is 2.65. The Labute approximate surface area is 108 Å². The minimum atomic E-state index is 0.0870. The van der Waals surface area contributed by atoms with E-state index in [0.29, 0.717) is 0 Å². The highest BCUT2D eigenvalue weighted by Gasteiger charge is 2.12. The summed E-state index contributed by atoms with van der Waals surface area (Å²) in [6.07, 6.45) is 5.45. The van der Waals surface area contributed by atoms with Gasteiger partial charge in [0.25, 0.3) is 0 Å². The Balaban J connectivity index is 2.42. The highest BCUT2D eigenvalue weighted by atomic mass is 32.2. The molecule has 0 spiro atoms. The Kier molecular flexibility index (Phi) is 3.75. The van der Waals surface area contributed by atoms with Crippen molar-refractivity contribution >= 4 is 29.4 Å². The first-order valence-corrected chi connectivity index (χ1v) is 6.95. The van der Waals surface area contributed by atoms with Crippen LogP contribution in [0.25, 0.3) is 0 Å². The maximum atomic E-state index is 7.67. The predicted molar refractivity (Wildman–Crippen MR) is 71.9 cm³/mol. The number of nitrogens with zero attached hydrogens (tertiary/aromatic N) is 1. The van der Waals surface area contributed by atoms with Crippen molar-refractivity contribution in [2.45, 2.75) is 14.9 Å². The minimum absolute atomic E-state index is 0.0870. The normalized spacial score (nSPS) is 10.4. The van der Waals surface area contributed by atoms with Crippen molar-refractivity contribution in [3.63, 3.8) is 0 Å². The first-order chi connectivity index (χ1) is 8.22. The van der Waals surface area contributed by atoms with Gasteiger partial charge in [0, 0.05) is 27.7 Å². The van der Waals surface area contributed by atoms with E-state index in [1.165, 1.54) is 11.8 Å². The van der Waals surface area contributed by atoms with Crippen molar-refractivity contribution < 1.29 is 0 Å². The molecule has 0 fully saturated rings. The van der Waals surface area contributed by atoms with Crippen molar-refractivity contribution in [3.8, 4) is 0 Å². The molecule has 0 atom stereocenters. The van der Waals surface area contributed by atoms with Gasteiger partial charge in [-0.05, 0) is 18.4 Å². The van der Waals surface area contributed by atoms with E-state index < -0.39 is 0 Å². The molecule has 2 aromatic rings. The van der Waals surface area contributed by atoms with Crippen molar-refractivity contribution in [1.82, 2.24) is 9.97 Å². The van der Waals surface area contributed by atoms with Crippen LogP contribution in [0.2, 0.25) is 0 Å². The van der Waals surface area contributed by atoms with E-state index >= 15 is 0 Å². The number of nitrogen functional groups attached to an aromatic ring is 1. The highest BCUT2D eigenvalue weighted by Crippen LogP contribution is 2.32. The van der Waals surface area contributed by atoms with Crippen LogP contribution >= 0.6 is 23.5 Å². The highest BCUT2D eigenvalue weighted by molar-refractivity contribution is 7.99. The molecular weight excluding hydrogens is 252 g/mol. The first-order valence-electron chi connectivity index (χ1n) is 4.91. The molecule has 88 valence electrons. The largest absolute Gasteiger partial charge is 0.384 e. The van der Waals surface area contributed by atoms with Gasteiger partial charge in [-0.3, -0.25) is 5.41 Å². The summed E-state index contributed by atoms with van der Waals surface area (Å²) in [5, 5.41) is 8.47. The number of hydrogen-bond donors (Lipinski definition) is 3. The molecule has 1 heterocycles. The lowest BCUT2D eigenvalue weighted by Gasteiger charge is -2.10. The second-order valence-corrected chi connectivity index (χ2v) is 5.12. The van der Waals surface area contributed by atoms with Gasteiger partial charge in [-0.2, -0.15) is 0 Å². The molecular formula is C11H12N4S2. The van der Waals surface area contributed by atoms with Crippen LogP contribution in [0.4, 0.5) is 0 Å². The van der Waals surface area contributed by atoms with E-state index in [-0.39, 0.29) is 5.84 Å². The maximum absolute atomic E-state index is 7.67. The minimum Gasteiger partial charge on any atom is -0.384 e. The van der Waals surface area contributed by atoms with Crippen LogP contribution in [0.15, 0.2) is 45.5 Å². The summed E-state index contributed by atoms with van der Waals surface area (Å²) in [4.78, 5) is 9.13. The molecule has 4 nitrogen and oxygen atoms in total. The second-order valence-electron chi connectivity index (χ2n) is 3.24. The molecule has 1 aromatic carbocycles. The van der Waals surface area contributed by atoms with Crippen molar-refractivity contribution in [2.24, 2.45) is 5.73 Å². The molecule has 0 aliphatic rings. The quantitative estimate of drug-likeness (QED) is 0.450. The number of aromatic amines is 1. The summed E-state index contributed by atoms with van der Waals surface area (Å²) in [6, 6.07) is 5.88. The number of aromatic nitrogens is 2. The molecule has 2 rings (SSSR count). The topological polar surface area (TPSA) is 78.5 Å². The summed E-state index contributed by atoms with van der Waals surface area (Å²) in [6.45, 7) is 0. The molecule has 0 saturated heterocycles. The van der Waals surface area contributed by atoms with E-state index in [1.54, 1.807) is 24.2 Å². The number of hydrogen-bond acceptors (Lipinski definition) is 4. The van der Waals surface area contributed by atoms with Gasteiger partial charge in [0.05, 0.1) is 0 Å². The SMILES string of the molecule is CSc1cccc(Sc2ncc[nH]2)c1C(=N)N. The van der Waals surface area contributed by atoms with Crippen molar-refractivity contribution in [1.29, 1.82) is 5.41 Å². The number of thioether (sulfide) groups is 1. The molecule has 6 heteroatoms. The molecule has 4 N–H and O–H groups in total. The van der Waals surface area contributed by atoms with Crippen molar-refractivity contribution in [2.75, 3.05) is 6.26 Å². The number of rotatable bonds is 4. The average molecular weight is 264 g/mol. The Bertz CT molecular complexity index is 522. The molecule has 0 bridgehead atoms. The van der Waals surface area contributed by atoms with Crippen LogP contribution in [0.1, 0.15) is 5.56 Å². The van der Waals surface area contributed by atoms with Crippen LogP contribution in [0.5, 0.6) is 0 Å². The number of nitrogens with one attached hydrogen (secondary N) is 2. The van der Waals surface area contributed by atoms with Crippen LogP contribution in [-0.4, -0.2) is 22.1 Å². The van der Waals surface area contributed by atoms with Gasteiger partial charge >= 0.3 is 0 Å². The van der Waals surface area contributed by atoms with E-state index in [4.69, 9.17) is 11.1 Å². The fourth-order valence-electron chi connectivity index (χ4n) is 1.44. The van der Waals surface area contributed by atoms with Crippen LogP contribution in [-0.2, 0) is 0 Å². The lowest BCUT2D eigenvalue weighted by atomic mass is 10.2. The summed E-state index contributed by atoms with van der Waals surface area (Å²) >= 11 is 3.06. The monoisotopic (exact) mass is 264 g/mol. The summed E-state index contributed by atoms with van der Waals surface area (Å²) in [7, 11) is 0. The smallest absolute Gasteiger partial charge is 0.170 e. The summed E-state index contributed by atoms with van der Waals surface area (Å²) in [5.41, 5.74) is 6.43. The lowest BCUT2D eigenvalue weighted by molar-refractivity contribution is 1.05. The molecule has 0 amide bonds. The molecule has 0 radical (unpaired) electrons. The average Bonchev–Trinajstić information content (AvgIpc) is 2.81. The number of nitrogens with two attached hydrogens (primary N) is 1.